The molecule has 0 bridgehead atoms. The summed E-state index contributed by atoms with van der Waals surface area (Å²) in [4.78, 5) is 22.8. The van der Waals surface area contributed by atoms with E-state index in [1.807, 2.05) is 18.2 Å². The predicted octanol–water partition coefficient (Wildman–Crippen LogP) is 2.53. The van der Waals surface area contributed by atoms with Crippen LogP contribution in [0.3, 0.4) is 0 Å². The van der Waals surface area contributed by atoms with Crippen LogP contribution in [0.15, 0.2) is 42.5 Å². The number of hydrogen-bond donors (Lipinski definition) is 1. The van der Waals surface area contributed by atoms with Crippen LogP contribution in [-0.2, 0) is 14.3 Å². The number of ether oxygens (including phenoxy) is 1. The number of carbonyl (C=O) groups excluding carboxylic acids is 2. The van der Waals surface area contributed by atoms with E-state index in [1.54, 1.807) is 12.1 Å². The number of benzene rings is 1. The van der Waals surface area contributed by atoms with E-state index in [-0.39, 0.29) is 5.91 Å². The minimum Gasteiger partial charge on any atom is -0.463 e. The van der Waals surface area contributed by atoms with Crippen LogP contribution in [-0.4, -0.2) is 18.5 Å². The molecule has 1 aromatic carbocycles. The molecular formula is C16H17NO3. The highest BCUT2D eigenvalue weighted by Gasteiger charge is 2.00. The number of anilines is 1. The van der Waals surface area contributed by atoms with E-state index in [2.05, 4.69) is 11.2 Å². The van der Waals surface area contributed by atoms with Crippen LogP contribution in [0.4, 0.5) is 5.69 Å². The highest BCUT2D eigenvalue weighted by molar-refractivity contribution is 6.02. The third-order valence-electron chi connectivity index (χ3n) is 2.37. The van der Waals surface area contributed by atoms with Crippen molar-refractivity contribution in [3.05, 3.63) is 42.5 Å². The minimum atomic E-state index is -0.533. The molecule has 0 fully saturated rings. The Morgan fingerprint density at radius 2 is 1.95 bits per heavy atom. The predicted molar refractivity (Wildman–Crippen MR) is 77.9 cm³/mol. The molecule has 1 N–H and O–H groups in total. The largest absolute Gasteiger partial charge is 0.463 e. The number of carbonyl (C=O) groups is 2. The van der Waals surface area contributed by atoms with Gasteiger partial charge in [0, 0.05) is 24.3 Å². The first-order valence-corrected chi connectivity index (χ1v) is 6.36. The Labute approximate surface area is 118 Å². The lowest BCUT2D eigenvalue weighted by atomic mass is 10.2. The van der Waals surface area contributed by atoms with Gasteiger partial charge in [-0.1, -0.05) is 18.2 Å². The SMILES string of the molecule is C#CCCCCOC(=O)/C=C\C(=O)Nc1ccccc1. The standard InChI is InChI=1S/C16H17NO3/c1-2-3-4-8-13-20-16(19)12-11-15(18)17-14-9-6-5-7-10-14/h1,5-7,9-12H,3-4,8,13H2,(H,17,18)/b12-11-. The van der Waals surface area contributed by atoms with E-state index in [0.29, 0.717) is 18.7 Å². The summed E-state index contributed by atoms with van der Waals surface area (Å²) in [6, 6.07) is 8.99. The van der Waals surface area contributed by atoms with E-state index in [9.17, 15) is 9.59 Å². The lowest BCUT2D eigenvalue weighted by molar-refractivity contribution is -0.138. The van der Waals surface area contributed by atoms with Crippen molar-refractivity contribution in [2.45, 2.75) is 19.3 Å². The van der Waals surface area contributed by atoms with Crippen LogP contribution in [0.2, 0.25) is 0 Å². The second-order valence-corrected chi connectivity index (χ2v) is 4.02. The van der Waals surface area contributed by atoms with E-state index in [0.717, 1.165) is 25.0 Å². The molecule has 0 aromatic heterocycles. The van der Waals surface area contributed by atoms with Gasteiger partial charge in [0.1, 0.15) is 0 Å². The van der Waals surface area contributed by atoms with Gasteiger partial charge in [-0.15, -0.1) is 12.3 Å². The molecule has 0 heterocycles. The summed E-state index contributed by atoms with van der Waals surface area (Å²) >= 11 is 0. The van der Waals surface area contributed by atoms with Gasteiger partial charge in [0.15, 0.2) is 0 Å². The molecule has 4 nitrogen and oxygen atoms in total. The highest BCUT2D eigenvalue weighted by atomic mass is 16.5. The van der Waals surface area contributed by atoms with E-state index < -0.39 is 5.97 Å². The Hall–Kier alpha value is -2.54. The second kappa shape index (κ2) is 9.40. The molecule has 0 atom stereocenters. The molecule has 0 radical (unpaired) electrons. The van der Waals surface area contributed by atoms with Crippen molar-refractivity contribution in [2.75, 3.05) is 11.9 Å². The molecule has 0 aliphatic rings. The topological polar surface area (TPSA) is 55.4 Å². The zero-order valence-electron chi connectivity index (χ0n) is 11.2. The molecule has 1 amide bonds. The summed E-state index contributed by atoms with van der Waals surface area (Å²) in [7, 11) is 0. The van der Waals surface area contributed by atoms with Crippen LogP contribution >= 0.6 is 0 Å². The van der Waals surface area contributed by atoms with E-state index >= 15 is 0 Å². The maximum absolute atomic E-state index is 11.5. The fraction of sp³-hybridized carbons (Fsp3) is 0.250. The molecule has 104 valence electrons. The first-order chi connectivity index (χ1) is 9.72. The van der Waals surface area contributed by atoms with Crippen LogP contribution in [0.1, 0.15) is 19.3 Å². The first-order valence-electron chi connectivity index (χ1n) is 6.36. The zero-order chi connectivity index (χ0) is 14.6. The lowest BCUT2D eigenvalue weighted by Gasteiger charge is -2.01. The number of terminal acetylenes is 1. The number of unbranched alkanes of at least 4 members (excludes halogenated alkanes) is 2. The number of nitrogens with one attached hydrogen (secondary N) is 1. The molecule has 20 heavy (non-hydrogen) atoms. The van der Waals surface area contributed by atoms with Gasteiger partial charge in [0.2, 0.25) is 5.91 Å². The van der Waals surface area contributed by atoms with Crippen molar-refractivity contribution >= 4 is 17.6 Å². The Morgan fingerprint density at radius 1 is 1.20 bits per heavy atom. The van der Waals surface area contributed by atoms with Crippen molar-refractivity contribution in [1.82, 2.24) is 0 Å². The van der Waals surface area contributed by atoms with Gasteiger partial charge < -0.3 is 10.1 Å². The Balaban J connectivity index is 2.24. The molecule has 0 spiro atoms. The van der Waals surface area contributed by atoms with Gasteiger partial charge in [-0.2, -0.15) is 0 Å². The van der Waals surface area contributed by atoms with E-state index in [4.69, 9.17) is 11.2 Å². The molecule has 4 heteroatoms. The summed E-state index contributed by atoms with van der Waals surface area (Å²) in [6.45, 7) is 0.311. The maximum Gasteiger partial charge on any atom is 0.330 e. The number of amides is 1. The second-order valence-electron chi connectivity index (χ2n) is 4.02. The number of hydrogen-bond acceptors (Lipinski definition) is 3. The third kappa shape index (κ3) is 7.02. The van der Waals surface area contributed by atoms with Gasteiger partial charge >= 0.3 is 5.97 Å². The van der Waals surface area contributed by atoms with Gasteiger partial charge in [-0.05, 0) is 25.0 Å². The van der Waals surface area contributed by atoms with Crippen LogP contribution < -0.4 is 5.32 Å². The fourth-order valence-corrected chi connectivity index (χ4v) is 1.40. The molecule has 1 rings (SSSR count). The quantitative estimate of drug-likeness (QED) is 0.359. The van der Waals surface area contributed by atoms with Gasteiger partial charge in [0.25, 0.3) is 0 Å². The zero-order valence-corrected chi connectivity index (χ0v) is 11.2. The lowest BCUT2D eigenvalue weighted by Crippen LogP contribution is -2.09. The maximum atomic E-state index is 11.5. The Kier molecular flexibility index (Phi) is 7.29. The smallest absolute Gasteiger partial charge is 0.330 e. The van der Waals surface area contributed by atoms with Crippen LogP contribution in [0.25, 0.3) is 0 Å². The molecule has 0 aliphatic heterocycles. The van der Waals surface area contributed by atoms with Crippen molar-refractivity contribution in [2.24, 2.45) is 0 Å². The van der Waals surface area contributed by atoms with Gasteiger partial charge in [-0.3, -0.25) is 4.79 Å². The van der Waals surface area contributed by atoms with Crippen molar-refractivity contribution < 1.29 is 14.3 Å². The summed E-state index contributed by atoms with van der Waals surface area (Å²) in [5, 5.41) is 2.63. The van der Waals surface area contributed by atoms with Crippen molar-refractivity contribution in [3.63, 3.8) is 0 Å². The van der Waals surface area contributed by atoms with Crippen LogP contribution in [0, 0.1) is 12.3 Å². The molecule has 0 unspecified atom stereocenters. The first kappa shape index (κ1) is 15.5. The molecule has 0 aliphatic carbocycles. The molecule has 0 saturated carbocycles. The summed E-state index contributed by atoms with van der Waals surface area (Å²) in [6.07, 6.45) is 9.58. The normalized spacial score (nSPS) is 9.95. The third-order valence-corrected chi connectivity index (χ3v) is 2.37. The monoisotopic (exact) mass is 271 g/mol. The van der Waals surface area contributed by atoms with E-state index in [1.165, 1.54) is 0 Å². The Morgan fingerprint density at radius 3 is 2.65 bits per heavy atom. The Bertz CT molecular complexity index is 500. The van der Waals surface area contributed by atoms with Crippen LogP contribution in [0.5, 0.6) is 0 Å². The minimum absolute atomic E-state index is 0.311. The molecular weight excluding hydrogens is 254 g/mol. The number of rotatable bonds is 7. The highest BCUT2D eigenvalue weighted by Crippen LogP contribution is 2.04. The van der Waals surface area contributed by atoms with Crippen molar-refractivity contribution in [3.8, 4) is 12.3 Å². The number of esters is 1. The summed E-state index contributed by atoms with van der Waals surface area (Å²) in [5.41, 5.74) is 0.671. The number of para-hydroxylation sites is 1. The average molecular weight is 271 g/mol. The van der Waals surface area contributed by atoms with Gasteiger partial charge in [0.05, 0.1) is 6.61 Å². The molecule has 1 aromatic rings. The van der Waals surface area contributed by atoms with Crippen molar-refractivity contribution in [1.29, 1.82) is 0 Å². The summed E-state index contributed by atoms with van der Waals surface area (Å²) in [5.74, 6) is 1.60. The fourth-order valence-electron chi connectivity index (χ4n) is 1.40. The average Bonchev–Trinajstić information content (AvgIpc) is 2.46. The molecule has 0 saturated heterocycles. The summed E-state index contributed by atoms with van der Waals surface area (Å²) < 4.78 is 4.91. The van der Waals surface area contributed by atoms with Gasteiger partial charge in [-0.25, -0.2) is 4.79 Å².